The summed E-state index contributed by atoms with van der Waals surface area (Å²) in [4.78, 5) is 0. The molecule has 0 amide bonds. The number of pyridine rings is 1. The average molecular weight is 294 g/mol. The van der Waals surface area contributed by atoms with Crippen LogP contribution in [0.25, 0.3) is 0 Å². The lowest BCUT2D eigenvalue weighted by molar-refractivity contribution is -0.681. The van der Waals surface area contributed by atoms with E-state index in [0.717, 1.165) is 24.1 Å². The molecule has 0 aliphatic rings. The van der Waals surface area contributed by atoms with E-state index >= 15 is 0 Å². The quantitative estimate of drug-likeness (QED) is 0.485. The normalized spacial score (nSPS) is 12.5. The summed E-state index contributed by atoms with van der Waals surface area (Å²) in [6.45, 7) is 1.99. The van der Waals surface area contributed by atoms with Gasteiger partial charge in [-0.15, -0.1) is 0 Å². The lowest BCUT2D eigenvalue weighted by Gasteiger charge is -2.11. The maximum atomic E-state index is 12.6. The molecule has 0 spiro atoms. The van der Waals surface area contributed by atoms with E-state index in [4.69, 9.17) is 0 Å². The molecule has 0 saturated carbocycles. The van der Waals surface area contributed by atoms with Gasteiger partial charge < -0.3 is 5.11 Å². The number of alkyl halides is 3. The first-order valence-corrected chi connectivity index (χ1v) is 6.34. The van der Waals surface area contributed by atoms with Gasteiger partial charge in [-0.1, -0.05) is 23.7 Å². The van der Waals surface area contributed by atoms with Gasteiger partial charge in [-0.05, 0) is 34.8 Å². The number of hydrogen-bond acceptors (Lipinski definition) is 2. The molecule has 0 atom stereocenters. The van der Waals surface area contributed by atoms with E-state index in [1.807, 2.05) is 6.92 Å². The van der Waals surface area contributed by atoms with Gasteiger partial charge in [0.25, 0.3) is 0 Å². The Balaban J connectivity index is 2.30. The van der Waals surface area contributed by atoms with Crippen LogP contribution in [-0.2, 0) is 12.6 Å². The molecule has 2 aromatic rings. The largest absolute Gasteiger partial charge is 0.854 e. The predicted octanol–water partition coefficient (Wildman–Crippen LogP) is 2.13. The van der Waals surface area contributed by atoms with Crippen molar-refractivity contribution < 1.29 is 23.0 Å². The Kier molecular flexibility index (Phi) is 4.26. The van der Waals surface area contributed by atoms with Crippen molar-refractivity contribution in [3.63, 3.8) is 0 Å². The zero-order valence-electron chi connectivity index (χ0n) is 11.3. The maximum Gasteiger partial charge on any atom is 0.416 e. The monoisotopic (exact) mass is 294 g/mol. The minimum atomic E-state index is -4.48. The molecular formula is C15H13F3N2O. The molecule has 1 heterocycles. The first-order chi connectivity index (χ1) is 9.90. The SMILES string of the molecule is CCc1cc[n+](/N=C(\[O-])c2cccc(C(F)(F)F)c2)cc1. The van der Waals surface area contributed by atoms with Crippen LogP contribution in [0.15, 0.2) is 53.9 Å². The van der Waals surface area contributed by atoms with Gasteiger partial charge in [-0.25, -0.2) is 0 Å². The highest BCUT2D eigenvalue weighted by molar-refractivity contribution is 5.90. The van der Waals surface area contributed by atoms with Crippen LogP contribution in [-0.4, -0.2) is 5.90 Å². The highest BCUT2D eigenvalue weighted by Gasteiger charge is 2.30. The highest BCUT2D eigenvalue weighted by atomic mass is 19.4. The summed E-state index contributed by atoms with van der Waals surface area (Å²) in [5, 5.41) is 15.6. The molecule has 0 aliphatic heterocycles. The Hall–Kier alpha value is -2.37. The number of hydrogen-bond donors (Lipinski definition) is 0. The van der Waals surface area contributed by atoms with Gasteiger partial charge in [-0.3, -0.25) is 0 Å². The van der Waals surface area contributed by atoms with Crippen molar-refractivity contribution in [2.75, 3.05) is 0 Å². The molecule has 1 aromatic carbocycles. The van der Waals surface area contributed by atoms with Crippen molar-refractivity contribution in [3.05, 3.63) is 65.5 Å². The van der Waals surface area contributed by atoms with Crippen molar-refractivity contribution in [2.24, 2.45) is 5.10 Å². The van der Waals surface area contributed by atoms with Gasteiger partial charge in [0, 0.05) is 12.1 Å². The van der Waals surface area contributed by atoms with Crippen LogP contribution in [0.2, 0.25) is 0 Å². The topological polar surface area (TPSA) is 39.3 Å². The number of nitrogens with zero attached hydrogens (tertiary/aromatic N) is 2. The summed E-state index contributed by atoms with van der Waals surface area (Å²) in [6, 6.07) is 7.80. The number of benzene rings is 1. The maximum absolute atomic E-state index is 12.6. The van der Waals surface area contributed by atoms with Gasteiger partial charge in [0.1, 0.15) is 0 Å². The van der Waals surface area contributed by atoms with E-state index in [-0.39, 0.29) is 5.56 Å². The second kappa shape index (κ2) is 5.95. The van der Waals surface area contributed by atoms with E-state index in [9.17, 15) is 18.3 Å². The number of rotatable bonds is 3. The second-order valence-electron chi connectivity index (χ2n) is 4.42. The highest BCUT2D eigenvalue weighted by Crippen LogP contribution is 2.29. The lowest BCUT2D eigenvalue weighted by Crippen LogP contribution is -2.33. The van der Waals surface area contributed by atoms with Crippen LogP contribution in [0.3, 0.4) is 0 Å². The summed E-state index contributed by atoms with van der Waals surface area (Å²) in [7, 11) is 0. The molecular weight excluding hydrogens is 281 g/mol. The molecule has 0 aliphatic carbocycles. The molecule has 3 nitrogen and oxygen atoms in total. The number of halogens is 3. The molecule has 0 fully saturated rings. The minimum absolute atomic E-state index is 0.100. The Morgan fingerprint density at radius 1 is 1.19 bits per heavy atom. The molecule has 6 heteroatoms. The zero-order valence-corrected chi connectivity index (χ0v) is 11.3. The van der Waals surface area contributed by atoms with Crippen LogP contribution in [0.5, 0.6) is 0 Å². The van der Waals surface area contributed by atoms with Crippen LogP contribution >= 0.6 is 0 Å². The summed E-state index contributed by atoms with van der Waals surface area (Å²) < 4.78 is 39.1. The summed E-state index contributed by atoms with van der Waals surface area (Å²) in [6.07, 6.45) is -0.455. The van der Waals surface area contributed by atoms with E-state index in [2.05, 4.69) is 5.10 Å². The van der Waals surface area contributed by atoms with Gasteiger partial charge in [0.05, 0.1) is 11.5 Å². The third kappa shape index (κ3) is 3.81. The van der Waals surface area contributed by atoms with Crippen molar-refractivity contribution >= 4 is 5.90 Å². The molecule has 0 radical (unpaired) electrons. The molecule has 2 rings (SSSR count). The van der Waals surface area contributed by atoms with E-state index in [1.165, 1.54) is 16.8 Å². The zero-order chi connectivity index (χ0) is 15.5. The van der Waals surface area contributed by atoms with Crippen LogP contribution in [0.4, 0.5) is 13.2 Å². The fraction of sp³-hybridized carbons (Fsp3) is 0.200. The van der Waals surface area contributed by atoms with Gasteiger partial charge >= 0.3 is 6.18 Å². The van der Waals surface area contributed by atoms with Crippen molar-refractivity contribution in [2.45, 2.75) is 19.5 Å². The van der Waals surface area contributed by atoms with E-state index < -0.39 is 17.6 Å². The Morgan fingerprint density at radius 2 is 1.86 bits per heavy atom. The smallest absolute Gasteiger partial charge is 0.416 e. The van der Waals surface area contributed by atoms with Crippen molar-refractivity contribution in [1.82, 2.24) is 0 Å². The van der Waals surface area contributed by atoms with Crippen molar-refractivity contribution in [1.29, 1.82) is 0 Å². The van der Waals surface area contributed by atoms with Crippen molar-refractivity contribution in [3.8, 4) is 0 Å². The molecule has 1 aromatic heterocycles. The molecule has 0 unspecified atom stereocenters. The van der Waals surface area contributed by atoms with Crippen LogP contribution in [0, 0.1) is 0 Å². The molecule has 0 bridgehead atoms. The summed E-state index contributed by atoms with van der Waals surface area (Å²) >= 11 is 0. The number of aromatic nitrogens is 1. The standard InChI is InChI=1S/C15H13F3N2O/c1-2-11-6-8-20(9-7-11)19-14(21)12-4-3-5-13(10-12)15(16,17)18/h3-10H,2H2,1H3. The third-order valence-corrected chi connectivity index (χ3v) is 2.93. The fourth-order valence-corrected chi connectivity index (χ4v) is 1.74. The minimum Gasteiger partial charge on any atom is -0.854 e. The third-order valence-electron chi connectivity index (χ3n) is 2.93. The average Bonchev–Trinajstić information content (AvgIpc) is 2.47. The van der Waals surface area contributed by atoms with Gasteiger partial charge in [-0.2, -0.15) is 13.2 Å². The predicted molar refractivity (Wildman–Crippen MR) is 69.4 cm³/mol. The van der Waals surface area contributed by atoms with Gasteiger partial charge in [0.15, 0.2) is 0 Å². The second-order valence-corrected chi connectivity index (χ2v) is 4.42. The molecule has 0 saturated heterocycles. The molecule has 0 N–H and O–H groups in total. The first-order valence-electron chi connectivity index (χ1n) is 6.34. The Bertz CT molecular complexity index is 649. The summed E-state index contributed by atoms with van der Waals surface area (Å²) in [5.41, 5.74) is 0.111. The van der Waals surface area contributed by atoms with Crippen LogP contribution < -0.4 is 9.78 Å². The Labute approximate surface area is 120 Å². The first kappa shape index (κ1) is 15.0. The van der Waals surface area contributed by atoms with Crippen LogP contribution in [0.1, 0.15) is 23.6 Å². The Morgan fingerprint density at radius 3 is 2.43 bits per heavy atom. The van der Waals surface area contributed by atoms with Gasteiger partial charge in [0.2, 0.25) is 12.4 Å². The van der Waals surface area contributed by atoms with E-state index in [1.54, 1.807) is 24.5 Å². The summed E-state index contributed by atoms with van der Waals surface area (Å²) in [5.74, 6) is -0.727. The molecule has 110 valence electrons. The lowest BCUT2D eigenvalue weighted by atomic mass is 10.1. The fourth-order valence-electron chi connectivity index (χ4n) is 1.74. The molecule has 21 heavy (non-hydrogen) atoms. The van der Waals surface area contributed by atoms with E-state index in [0.29, 0.717) is 0 Å². The number of aryl methyl sites for hydroxylation is 1.